The van der Waals surface area contributed by atoms with Crippen molar-refractivity contribution in [3.05, 3.63) is 134 Å². The van der Waals surface area contributed by atoms with Crippen LogP contribution in [-0.2, 0) is 0 Å². The summed E-state index contributed by atoms with van der Waals surface area (Å²) in [6, 6.07) is 44.7. The Labute approximate surface area is 218 Å². The molecule has 2 aromatic heterocycles. The van der Waals surface area contributed by atoms with Crippen molar-refractivity contribution in [3.8, 4) is 5.69 Å². The first-order valence-corrected chi connectivity index (χ1v) is 12.8. The molecule has 38 heavy (non-hydrogen) atoms. The van der Waals surface area contributed by atoms with Crippen LogP contribution >= 0.6 is 0 Å². The van der Waals surface area contributed by atoms with Crippen LogP contribution in [0.1, 0.15) is 0 Å². The fourth-order valence-corrected chi connectivity index (χ4v) is 5.82. The van der Waals surface area contributed by atoms with Gasteiger partial charge in [-0.1, -0.05) is 84.9 Å². The van der Waals surface area contributed by atoms with Gasteiger partial charge in [0.25, 0.3) is 0 Å². The normalized spacial score (nSPS) is 11.7. The van der Waals surface area contributed by atoms with E-state index in [1.54, 1.807) is 0 Å². The maximum atomic E-state index is 6.57. The van der Waals surface area contributed by atoms with Gasteiger partial charge in [0.05, 0.1) is 16.6 Å². The summed E-state index contributed by atoms with van der Waals surface area (Å²) in [6.45, 7) is 0. The van der Waals surface area contributed by atoms with E-state index in [0.29, 0.717) is 0 Å². The van der Waals surface area contributed by atoms with Gasteiger partial charge in [-0.2, -0.15) is 0 Å². The van der Waals surface area contributed by atoms with Gasteiger partial charge in [0.1, 0.15) is 0 Å². The second-order valence-corrected chi connectivity index (χ2v) is 9.60. The highest BCUT2D eigenvalue weighted by atomic mass is 16.3. The molecule has 0 aliphatic heterocycles. The van der Waals surface area contributed by atoms with Crippen LogP contribution in [0.25, 0.3) is 71.1 Å². The van der Waals surface area contributed by atoms with E-state index in [0.717, 1.165) is 49.6 Å². The summed E-state index contributed by atoms with van der Waals surface area (Å²) < 4.78 is 8.87. The fourth-order valence-electron chi connectivity index (χ4n) is 5.82. The van der Waals surface area contributed by atoms with Gasteiger partial charge in [-0.15, -0.1) is 0 Å². The third-order valence-electron chi connectivity index (χ3n) is 7.47. The lowest BCUT2D eigenvalue weighted by Gasteiger charge is -2.16. The molecule has 3 heteroatoms. The molecule has 0 spiro atoms. The van der Waals surface area contributed by atoms with Gasteiger partial charge in [-0.25, -0.2) is 0 Å². The number of nitrogens with zero attached hydrogens (tertiary/aromatic N) is 2. The maximum absolute atomic E-state index is 6.57. The van der Waals surface area contributed by atoms with E-state index in [1.165, 1.54) is 21.5 Å². The summed E-state index contributed by atoms with van der Waals surface area (Å²) in [5.74, 6) is 0. The van der Waals surface area contributed by atoms with Gasteiger partial charge in [-0.05, 0) is 69.4 Å². The average Bonchev–Trinajstić information content (AvgIpc) is 2.99. The highest BCUT2D eigenvalue weighted by Crippen LogP contribution is 2.37. The predicted molar refractivity (Wildman–Crippen MR) is 158 cm³/mol. The molecule has 0 N–H and O–H groups in total. The van der Waals surface area contributed by atoms with Crippen LogP contribution in [0, 0.1) is 0 Å². The Hall–Kier alpha value is -5.15. The lowest BCUT2D eigenvalue weighted by molar-refractivity contribution is 0.654. The number of benzene rings is 5. The predicted octanol–water partition coefficient (Wildman–Crippen LogP) is 9.51. The lowest BCUT2D eigenvalue weighted by Crippen LogP contribution is -2.00. The minimum absolute atomic E-state index is 0.814. The molecule has 0 aliphatic carbocycles. The third kappa shape index (κ3) is 3.06. The molecule has 0 bridgehead atoms. The molecule has 2 heterocycles. The maximum Gasteiger partial charge on any atom is 0.152 e. The summed E-state index contributed by atoms with van der Waals surface area (Å²) in [7, 11) is 0. The Balaban J connectivity index is 1.71. The molecule has 0 unspecified atom stereocenters. The van der Waals surface area contributed by atoms with Gasteiger partial charge >= 0.3 is 0 Å². The Morgan fingerprint density at radius 2 is 1.05 bits per heavy atom. The number of pyridine rings is 1. The zero-order valence-electron chi connectivity index (χ0n) is 20.5. The van der Waals surface area contributed by atoms with Crippen molar-refractivity contribution >= 4 is 65.4 Å². The molecule has 178 valence electrons. The van der Waals surface area contributed by atoms with E-state index in [1.807, 2.05) is 30.5 Å². The molecule has 0 fully saturated rings. The summed E-state index contributed by atoms with van der Waals surface area (Å²) >= 11 is 0. The van der Waals surface area contributed by atoms with Gasteiger partial charge in [0.2, 0.25) is 0 Å². The van der Waals surface area contributed by atoms with Crippen molar-refractivity contribution in [1.82, 2.24) is 9.55 Å². The molecule has 3 nitrogen and oxygen atoms in total. The minimum Gasteiger partial charge on any atom is -0.453 e. The van der Waals surface area contributed by atoms with Crippen LogP contribution in [0.5, 0.6) is 0 Å². The third-order valence-corrected chi connectivity index (χ3v) is 7.47. The monoisotopic (exact) mass is 486 g/mol. The van der Waals surface area contributed by atoms with Gasteiger partial charge in [-0.3, -0.25) is 4.98 Å². The van der Waals surface area contributed by atoms with E-state index in [-0.39, 0.29) is 0 Å². The van der Waals surface area contributed by atoms with Crippen molar-refractivity contribution in [2.24, 2.45) is 0 Å². The van der Waals surface area contributed by atoms with E-state index >= 15 is 0 Å². The largest absolute Gasteiger partial charge is 0.453 e. The molecule has 8 rings (SSSR count). The molecule has 0 atom stereocenters. The van der Waals surface area contributed by atoms with E-state index in [4.69, 9.17) is 9.40 Å². The molecule has 6 aromatic carbocycles. The van der Waals surface area contributed by atoms with E-state index in [9.17, 15) is 0 Å². The highest BCUT2D eigenvalue weighted by molar-refractivity contribution is 6.26. The van der Waals surface area contributed by atoms with Crippen molar-refractivity contribution in [1.29, 1.82) is 0 Å². The van der Waals surface area contributed by atoms with Crippen molar-refractivity contribution in [3.63, 3.8) is 0 Å². The van der Waals surface area contributed by atoms with Crippen LogP contribution in [0.3, 0.4) is 0 Å². The van der Waals surface area contributed by atoms with Crippen molar-refractivity contribution < 1.29 is 4.42 Å². The number of hydrogen-bond donors (Lipinski definition) is 0. The summed E-state index contributed by atoms with van der Waals surface area (Å²) in [6.07, 6.45) is 1.88. The number of para-hydroxylation sites is 3. The Morgan fingerprint density at radius 1 is 0.447 bits per heavy atom. The summed E-state index contributed by atoms with van der Waals surface area (Å²) in [4.78, 5) is 4.94. The zero-order chi connectivity index (χ0) is 25.1. The molecular weight excluding hydrogens is 464 g/mol. The smallest absolute Gasteiger partial charge is 0.152 e. The van der Waals surface area contributed by atoms with Crippen LogP contribution < -0.4 is 0 Å². The molecular formula is C35H22N2O. The Bertz CT molecular complexity index is 2240. The number of fused-ring (bicyclic) bond motifs is 10. The van der Waals surface area contributed by atoms with Gasteiger partial charge in [0.15, 0.2) is 11.2 Å². The first-order chi connectivity index (χ1) is 18.9. The summed E-state index contributed by atoms with van der Waals surface area (Å²) in [5, 5.41) is 8.11. The number of aromatic nitrogens is 2. The molecule has 0 saturated carbocycles. The highest BCUT2D eigenvalue weighted by Gasteiger charge is 2.14. The van der Waals surface area contributed by atoms with Crippen LogP contribution in [0.15, 0.2) is 138 Å². The van der Waals surface area contributed by atoms with E-state index < -0.39 is 0 Å². The van der Waals surface area contributed by atoms with Gasteiger partial charge in [0, 0.05) is 22.7 Å². The topological polar surface area (TPSA) is 31.0 Å². The number of hydrogen-bond acceptors (Lipinski definition) is 2. The molecule has 0 amide bonds. The zero-order valence-corrected chi connectivity index (χ0v) is 20.5. The first-order valence-electron chi connectivity index (χ1n) is 12.8. The molecule has 0 aliphatic rings. The lowest BCUT2D eigenvalue weighted by atomic mass is 9.96. The Kier molecular flexibility index (Phi) is 4.52. The quantitative estimate of drug-likeness (QED) is 0.216. The average molecular weight is 487 g/mol. The van der Waals surface area contributed by atoms with Crippen LogP contribution in [0.2, 0.25) is 0 Å². The van der Waals surface area contributed by atoms with Crippen LogP contribution in [0.4, 0.5) is 0 Å². The Morgan fingerprint density at radius 3 is 1.82 bits per heavy atom. The summed E-state index contributed by atoms with van der Waals surface area (Å²) in [5.41, 5.74) is 5.73. The van der Waals surface area contributed by atoms with Crippen molar-refractivity contribution in [2.45, 2.75) is 0 Å². The molecule has 0 saturated heterocycles. The van der Waals surface area contributed by atoms with Crippen molar-refractivity contribution in [2.75, 3.05) is 0 Å². The second-order valence-electron chi connectivity index (χ2n) is 9.60. The fraction of sp³-hybridized carbons (Fsp3) is 0. The molecule has 8 aromatic rings. The first kappa shape index (κ1) is 21.0. The standard InChI is InChI=1S/C35H22N2O/c1-2-11-23(12-3-1)37-31-18-8-9-19-33(31)38-34-22-30-29(21-32(34)37)27-16-7-5-14-25(27)24-13-4-6-15-26(24)28-17-10-20-36-35(28)30/h1-22H. The SMILES string of the molecule is c1ccc(-n2c3ccccc3oc3cc4c(cc32)c2ccccc2c2ccccc2c2cccnc24)cc1. The number of rotatable bonds is 1. The second kappa shape index (κ2) is 8.19. The molecule has 0 radical (unpaired) electrons. The van der Waals surface area contributed by atoms with E-state index in [2.05, 4.69) is 108 Å². The minimum atomic E-state index is 0.814. The van der Waals surface area contributed by atoms with Crippen LogP contribution in [-0.4, -0.2) is 9.55 Å². The van der Waals surface area contributed by atoms with Gasteiger partial charge < -0.3 is 8.98 Å².